The largest absolute Gasteiger partial charge is 0.322 e. The average Bonchev–Trinajstić information content (AvgIpc) is 3.24. The molecule has 0 bridgehead atoms. The standard InChI is InChI=1S/C38H28N4O16S4/c43-35(39-21-1-9-25(10-2-21)59-57-55-47)29-17-19-31(37(45)41-23-5-13-27(14-6-23)61(49,50)51)34-32(38(46)42-24-7-15-28(16-8-24)62(52,53)54)20-18-30(33(29)34)36(44)40-22-3-11-26(12-4-22)60-58-56-48/h1-20,47-48H,(H,39,43)(H,40,44)(H,41,45)(H,42,46)(H,49,50,51)(H,52,53,54). The highest BCUT2D eigenvalue weighted by molar-refractivity contribution is 7.94. The van der Waals surface area contributed by atoms with Gasteiger partial charge in [0.2, 0.25) is 0 Å². The number of carbonyl (C=O) groups excluding carboxylic acids is 4. The van der Waals surface area contributed by atoms with Crippen molar-refractivity contribution in [2.24, 2.45) is 0 Å². The van der Waals surface area contributed by atoms with Crippen molar-refractivity contribution >= 4 is 101 Å². The van der Waals surface area contributed by atoms with Crippen LogP contribution in [-0.4, -0.2) is 60.1 Å². The minimum atomic E-state index is -4.58. The Morgan fingerprint density at radius 1 is 0.403 bits per heavy atom. The van der Waals surface area contributed by atoms with Gasteiger partial charge in [-0.15, -0.1) is 8.67 Å². The van der Waals surface area contributed by atoms with E-state index in [4.69, 9.17) is 10.5 Å². The van der Waals surface area contributed by atoms with Gasteiger partial charge in [0.15, 0.2) is 0 Å². The van der Waals surface area contributed by atoms with Gasteiger partial charge in [0.25, 0.3) is 43.9 Å². The molecule has 8 N–H and O–H groups in total. The predicted molar refractivity (Wildman–Crippen MR) is 222 cm³/mol. The van der Waals surface area contributed by atoms with Gasteiger partial charge in [0, 0.05) is 65.6 Å². The summed E-state index contributed by atoms with van der Waals surface area (Å²) in [6, 6.07) is 25.8. The highest BCUT2D eigenvalue weighted by Gasteiger charge is 2.27. The Morgan fingerprint density at radius 3 is 0.871 bits per heavy atom. The first-order valence-corrected chi connectivity index (χ1v) is 21.4. The minimum Gasteiger partial charge on any atom is -0.322 e. The highest BCUT2D eigenvalue weighted by Crippen LogP contribution is 2.34. The van der Waals surface area contributed by atoms with Crippen molar-refractivity contribution in [2.45, 2.75) is 19.6 Å². The molecule has 0 saturated heterocycles. The summed E-state index contributed by atoms with van der Waals surface area (Å²) in [5.74, 6) is -3.40. The SMILES string of the molecule is O=C(Nc1ccc(SOOO)cc1)c1ccc(C(=O)Nc2ccc(S(=O)(=O)O)cc2)c2c(C(=O)Nc3ccc(S(=O)(=O)O)cc3)ccc(C(=O)Nc3ccc(SOOO)cc3)c12. The van der Waals surface area contributed by atoms with Crippen LogP contribution in [-0.2, 0) is 39.0 Å². The zero-order valence-corrected chi connectivity index (χ0v) is 34.1. The maximum absolute atomic E-state index is 14.2. The third kappa shape index (κ3) is 11.2. The zero-order chi connectivity index (χ0) is 44.6. The third-order valence-corrected chi connectivity index (χ3v) is 11.4. The van der Waals surface area contributed by atoms with Crippen molar-refractivity contribution < 1.29 is 74.4 Å². The monoisotopic (exact) mass is 924 g/mol. The first-order chi connectivity index (χ1) is 29.5. The highest BCUT2D eigenvalue weighted by atomic mass is 32.2. The number of nitrogens with one attached hydrogen (secondary N) is 4. The van der Waals surface area contributed by atoms with Gasteiger partial charge in [-0.05, 0) is 121 Å². The first-order valence-electron chi connectivity index (χ1n) is 17.1. The Bertz CT molecular complexity index is 2690. The predicted octanol–water partition coefficient (Wildman–Crippen LogP) is 7.20. The molecule has 0 radical (unpaired) electrons. The topological polar surface area (TPSA) is 303 Å². The summed E-state index contributed by atoms with van der Waals surface area (Å²) in [5.41, 5.74) is -0.320. The average molecular weight is 925 g/mol. The number of anilines is 4. The number of fused-ring (bicyclic) bond motifs is 1. The molecule has 0 aromatic heterocycles. The molecular formula is C38H28N4O16S4. The van der Waals surface area contributed by atoms with Gasteiger partial charge in [0.1, 0.15) is 0 Å². The third-order valence-electron chi connectivity index (χ3n) is 8.50. The fraction of sp³-hybridized carbons (Fsp3) is 0. The smallest absolute Gasteiger partial charge is 0.294 e. The normalized spacial score (nSPS) is 11.5. The summed E-state index contributed by atoms with van der Waals surface area (Å²) in [4.78, 5) is 56.8. The van der Waals surface area contributed by atoms with Gasteiger partial charge >= 0.3 is 0 Å². The van der Waals surface area contributed by atoms with E-state index in [-0.39, 0.29) is 55.8 Å². The van der Waals surface area contributed by atoms with E-state index in [0.29, 0.717) is 33.9 Å². The molecule has 0 aliphatic carbocycles. The summed E-state index contributed by atoms with van der Waals surface area (Å²) in [6.07, 6.45) is 0. The van der Waals surface area contributed by atoms with Crippen LogP contribution < -0.4 is 21.3 Å². The molecule has 0 heterocycles. The summed E-state index contributed by atoms with van der Waals surface area (Å²) < 4.78 is 74.2. The molecule has 62 heavy (non-hydrogen) atoms. The molecule has 0 aliphatic rings. The van der Waals surface area contributed by atoms with Crippen LogP contribution >= 0.6 is 24.1 Å². The number of benzene rings is 6. The van der Waals surface area contributed by atoms with E-state index in [1.54, 1.807) is 0 Å². The molecule has 0 unspecified atom stereocenters. The van der Waals surface area contributed by atoms with E-state index in [1.807, 2.05) is 0 Å². The second kappa shape index (κ2) is 19.6. The summed E-state index contributed by atoms with van der Waals surface area (Å²) in [6.45, 7) is 0. The van der Waals surface area contributed by atoms with Crippen molar-refractivity contribution in [1.29, 1.82) is 0 Å². The number of hydrogen-bond acceptors (Lipinski definition) is 16. The van der Waals surface area contributed by atoms with Crippen LogP contribution in [0.1, 0.15) is 41.4 Å². The molecule has 0 saturated carbocycles. The Morgan fingerprint density at radius 2 is 0.645 bits per heavy atom. The van der Waals surface area contributed by atoms with Crippen LogP contribution in [0.2, 0.25) is 0 Å². The van der Waals surface area contributed by atoms with Gasteiger partial charge < -0.3 is 21.3 Å². The van der Waals surface area contributed by atoms with Crippen LogP contribution in [0.15, 0.2) is 141 Å². The van der Waals surface area contributed by atoms with Gasteiger partial charge in [0.05, 0.1) is 33.9 Å². The first kappa shape index (κ1) is 45.3. The van der Waals surface area contributed by atoms with E-state index in [0.717, 1.165) is 24.3 Å². The molecule has 0 spiro atoms. The lowest BCUT2D eigenvalue weighted by atomic mass is 9.90. The Hall–Kier alpha value is -6.26. The maximum Gasteiger partial charge on any atom is 0.294 e. The number of rotatable bonds is 16. The second-order valence-corrected chi connectivity index (χ2v) is 16.8. The van der Waals surface area contributed by atoms with Gasteiger partial charge in [-0.3, -0.25) is 28.3 Å². The van der Waals surface area contributed by atoms with Crippen molar-refractivity contribution in [3.8, 4) is 0 Å². The lowest BCUT2D eigenvalue weighted by molar-refractivity contribution is -0.432. The number of carbonyl (C=O) groups is 4. The van der Waals surface area contributed by atoms with Crippen molar-refractivity contribution in [3.05, 3.63) is 144 Å². The van der Waals surface area contributed by atoms with Crippen molar-refractivity contribution in [1.82, 2.24) is 0 Å². The molecule has 0 atom stereocenters. The molecular weight excluding hydrogens is 897 g/mol. The van der Waals surface area contributed by atoms with Gasteiger partial charge in [-0.2, -0.15) is 16.8 Å². The van der Waals surface area contributed by atoms with Gasteiger partial charge in [-0.25, -0.2) is 10.5 Å². The number of amides is 4. The fourth-order valence-electron chi connectivity index (χ4n) is 5.76. The van der Waals surface area contributed by atoms with Crippen LogP contribution in [0.25, 0.3) is 10.8 Å². The second-order valence-electron chi connectivity index (χ2n) is 12.4. The Labute approximate surface area is 358 Å². The molecule has 6 aromatic carbocycles. The van der Waals surface area contributed by atoms with Crippen LogP contribution in [0.4, 0.5) is 22.7 Å². The fourth-order valence-corrected chi connectivity index (χ4v) is 7.44. The maximum atomic E-state index is 14.2. The molecule has 24 heteroatoms. The molecule has 20 nitrogen and oxygen atoms in total. The minimum absolute atomic E-state index is 0.0475. The van der Waals surface area contributed by atoms with E-state index in [2.05, 4.69) is 40.0 Å². The van der Waals surface area contributed by atoms with Crippen molar-refractivity contribution in [2.75, 3.05) is 21.3 Å². The zero-order valence-electron chi connectivity index (χ0n) is 30.9. The van der Waals surface area contributed by atoms with E-state index >= 15 is 0 Å². The molecule has 6 rings (SSSR count). The van der Waals surface area contributed by atoms with Crippen LogP contribution in [0.5, 0.6) is 0 Å². The molecule has 0 fully saturated rings. The summed E-state index contributed by atoms with van der Waals surface area (Å²) in [7, 11) is -9.16. The number of hydrogen-bond donors (Lipinski definition) is 8. The van der Waals surface area contributed by atoms with E-state index < -0.39 is 53.7 Å². The summed E-state index contributed by atoms with van der Waals surface area (Å²) >= 11 is 1.33. The molecule has 0 aliphatic heterocycles. The summed E-state index contributed by atoms with van der Waals surface area (Å²) in [5, 5.41) is 34.3. The quantitative estimate of drug-likeness (QED) is 0.0206. The lowest BCUT2D eigenvalue weighted by Gasteiger charge is -2.18. The molecule has 4 amide bonds. The Kier molecular flexibility index (Phi) is 14.3. The molecule has 320 valence electrons. The van der Waals surface area contributed by atoms with Crippen LogP contribution in [0.3, 0.4) is 0 Å². The van der Waals surface area contributed by atoms with E-state index in [1.165, 1.54) is 97.1 Å². The lowest BCUT2D eigenvalue weighted by Crippen LogP contribution is -2.21. The van der Waals surface area contributed by atoms with Gasteiger partial charge in [-0.1, -0.05) is 10.1 Å². The van der Waals surface area contributed by atoms with Crippen LogP contribution in [0, 0.1) is 0 Å². The van der Waals surface area contributed by atoms with Crippen molar-refractivity contribution in [3.63, 3.8) is 0 Å². The Balaban J connectivity index is 1.50. The molecule has 6 aromatic rings. The van der Waals surface area contributed by atoms with E-state index in [9.17, 15) is 45.1 Å².